The molecule has 2 aliphatic heterocycles. The highest BCUT2D eigenvalue weighted by atomic mass is 125. The number of rotatable bonds is 4. The van der Waals surface area contributed by atoms with Crippen molar-refractivity contribution in [3.05, 3.63) is 59.2 Å². The van der Waals surface area contributed by atoms with E-state index in [-0.39, 0.29) is 27.9 Å². The van der Waals surface area contributed by atoms with Crippen LogP contribution < -0.4 is 15.8 Å². The number of aromatic nitrogens is 2. The first-order valence-electron chi connectivity index (χ1n) is 11.8. The second-order valence-corrected chi connectivity index (χ2v) is 14.0. The van der Waals surface area contributed by atoms with Crippen molar-refractivity contribution in [2.75, 3.05) is 6.61 Å². The van der Waals surface area contributed by atoms with Crippen LogP contribution in [0.3, 0.4) is 0 Å². The molecule has 1 fully saturated rings. The maximum absolute atomic E-state index is 15.4. The van der Waals surface area contributed by atoms with E-state index < -0.39 is 60.8 Å². The number of fused-ring (bicyclic) bond motifs is 1. The van der Waals surface area contributed by atoms with Crippen LogP contribution in [0.15, 0.2) is 21.9 Å². The molecule has 13 heteroatoms. The van der Waals surface area contributed by atoms with Crippen LogP contribution in [0.1, 0.15) is 70.9 Å². The summed E-state index contributed by atoms with van der Waals surface area (Å²) in [6, 6.07) is 1.72. The summed E-state index contributed by atoms with van der Waals surface area (Å²) in [6.45, 7) is 10.6. The minimum Gasteiger partial charge on any atom is -0.403 e. The molecule has 4 rings (SSSR count). The fourth-order valence-electron chi connectivity index (χ4n) is 4.23. The molecule has 2 aliphatic rings. The Morgan fingerprint density at radius 1 is 1.19 bits per heavy atom. The molecule has 0 amide bonds. The highest BCUT2D eigenvalue weighted by Crippen LogP contribution is 2.58. The van der Waals surface area contributed by atoms with Gasteiger partial charge in [-0.15, -0.1) is 0 Å². The lowest BCUT2D eigenvalue weighted by Gasteiger charge is -2.33. The number of ether oxygens (including phenoxy) is 1. The number of nitrogens with zero attached hydrogens (tertiary/aromatic N) is 1. The van der Waals surface area contributed by atoms with Gasteiger partial charge in [0.1, 0.15) is 30.1 Å². The lowest BCUT2D eigenvalue weighted by Crippen LogP contribution is -2.33. The summed E-state index contributed by atoms with van der Waals surface area (Å²) in [6.07, 6.45) is -2.62. The van der Waals surface area contributed by atoms with E-state index in [0.29, 0.717) is 11.1 Å². The minimum atomic E-state index is -4.24. The monoisotopic (exact) mass is 652 g/mol. The Balaban J connectivity index is 1.55. The van der Waals surface area contributed by atoms with Gasteiger partial charge >= 0.3 is 13.5 Å². The number of alkyl halides is 1. The average Bonchev–Trinajstić information content (AvgIpc) is 3.13. The fourth-order valence-corrected chi connectivity index (χ4v) is 5.89. The average molecular weight is 652 g/mol. The predicted octanol–water partition coefficient (Wildman–Crippen LogP) is 5.23. The van der Waals surface area contributed by atoms with Gasteiger partial charge in [-0.05, 0) is 45.1 Å². The Kier molecular flexibility index (Phi) is 7.57. The van der Waals surface area contributed by atoms with Crippen LogP contribution in [0.5, 0.6) is 5.75 Å². The molecule has 4 unspecified atom stereocenters. The van der Waals surface area contributed by atoms with Crippen molar-refractivity contribution in [1.82, 2.24) is 9.55 Å². The lowest BCUT2D eigenvalue weighted by molar-refractivity contribution is -0.0371. The number of benzene rings is 1. The van der Waals surface area contributed by atoms with Gasteiger partial charge < -0.3 is 9.26 Å². The van der Waals surface area contributed by atoms with Crippen molar-refractivity contribution in [3.63, 3.8) is 0 Å². The number of halogens is 3. The summed E-state index contributed by atoms with van der Waals surface area (Å²) >= 11 is 1.75. The first-order valence-corrected chi connectivity index (χ1v) is 14.3. The Hall–Kier alpha value is -1.60. The number of nitrogens with one attached hydrogen (secondary N) is 1. The van der Waals surface area contributed by atoms with Crippen LogP contribution in [0.4, 0.5) is 8.78 Å². The molecule has 0 saturated carbocycles. The zero-order valence-electron chi connectivity index (χ0n) is 21.4. The summed E-state index contributed by atoms with van der Waals surface area (Å²) in [5.41, 5.74) is -0.976. The van der Waals surface area contributed by atoms with Gasteiger partial charge in [0, 0.05) is 18.2 Å². The molecule has 204 valence electrons. The molecule has 37 heavy (non-hydrogen) atoms. The summed E-state index contributed by atoms with van der Waals surface area (Å²) in [7, 11) is -4.24. The van der Waals surface area contributed by atoms with Crippen LogP contribution in [-0.4, -0.2) is 28.4 Å². The van der Waals surface area contributed by atoms with E-state index in [1.165, 1.54) is 6.20 Å². The van der Waals surface area contributed by atoms with Gasteiger partial charge in [-0.25, -0.2) is 18.1 Å². The first kappa shape index (κ1) is 28.4. The van der Waals surface area contributed by atoms with Crippen molar-refractivity contribution in [2.24, 2.45) is 0 Å². The maximum atomic E-state index is 15.4. The molecule has 4 atom stereocenters. The fraction of sp³-hybridized carbons (Fsp3) is 0.583. The molecule has 0 bridgehead atoms. The van der Waals surface area contributed by atoms with Crippen molar-refractivity contribution in [1.29, 1.82) is 0 Å². The molecular formula is C24H30F2IN2O7P. The minimum absolute atomic E-state index is 0.101. The standard InChI is InChI=1S/C24H30F2IN2O7P/c1-23(2,3)13-7-14(24(4,5)6)20-12(19(13)26)10-33-37(32,36-20)34-11-17-15(25)8-18(35-17)29-9-16(27)21(30)28-22(29)31/h7,9,15,17-18H,8,10-11H2,1-6H3,(H,28,30,31)/i27-2. The number of hydrogen-bond acceptors (Lipinski definition) is 7. The van der Waals surface area contributed by atoms with Crippen LogP contribution >= 0.6 is 30.4 Å². The van der Waals surface area contributed by atoms with E-state index in [2.05, 4.69) is 4.98 Å². The molecule has 2 aromatic rings. The van der Waals surface area contributed by atoms with Crippen molar-refractivity contribution in [2.45, 2.75) is 83.9 Å². The van der Waals surface area contributed by atoms with E-state index in [0.717, 1.165) is 4.57 Å². The van der Waals surface area contributed by atoms with Gasteiger partial charge in [-0.2, -0.15) is 0 Å². The van der Waals surface area contributed by atoms with Crippen LogP contribution in [0, 0.1) is 9.39 Å². The Bertz CT molecular complexity index is 1380. The number of phosphoric acid groups is 1. The molecule has 1 N–H and O–H groups in total. The van der Waals surface area contributed by atoms with E-state index in [4.69, 9.17) is 18.3 Å². The van der Waals surface area contributed by atoms with Crippen LogP contribution in [-0.2, 0) is 35.8 Å². The smallest absolute Gasteiger partial charge is 0.403 e. The molecule has 3 heterocycles. The second-order valence-electron chi connectivity index (χ2n) is 11.2. The number of hydrogen-bond donors (Lipinski definition) is 1. The van der Waals surface area contributed by atoms with Gasteiger partial charge in [0.15, 0.2) is 0 Å². The van der Waals surface area contributed by atoms with Gasteiger partial charge in [-0.3, -0.25) is 23.4 Å². The number of aromatic amines is 1. The zero-order valence-corrected chi connectivity index (χ0v) is 24.4. The molecule has 0 spiro atoms. The Morgan fingerprint density at radius 2 is 1.84 bits per heavy atom. The summed E-state index contributed by atoms with van der Waals surface area (Å²) in [5.74, 6) is -0.391. The van der Waals surface area contributed by atoms with Gasteiger partial charge in [0.2, 0.25) is 0 Å². The topological polar surface area (TPSA) is 109 Å². The zero-order chi connectivity index (χ0) is 27.5. The highest BCUT2D eigenvalue weighted by Gasteiger charge is 2.43. The third kappa shape index (κ3) is 5.73. The summed E-state index contributed by atoms with van der Waals surface area (Å²) in [4.78, 5) is 25.9. The lowest BCUT2D eigenvalue weighted by atomic mass is 9.78. The van der Waals surface area contributed by atoms with Crippen molar-refractivity contribution in [3.8, 4) is 5.75 Å². The van der Waals surface area contributed by atoms with Crippen molar-refractivity contribution < 1.29 is 31.7 Å². The third-order valence-electron chi connectivity index (χ3n) is 6.29. The Labute approximate surface area is 226 Å². The maximum Gasteiger partial charge on any atom is 0.530 e. The molecule has 0 aliphatic carbocycles. The summed E-state index contributed by atoms with van der Waals surface area (Å²) < 4.78 is 67.0. The molecular weight excluding hydrogens is 622 g/mol. The van der Waals surface area contributed by atoms with Crippen molar-refractivity contribution >= 4 is 30.4 Å². The Morgan fingerprint density at radius 3 is 2.46 bits per heavy atom. The number of phosphoric ester groups is 1. The molecule has 0 radical (unpaired) electrons. The first-order chi connectivity index (χ1) is 17.0. The predicted molar refractivity (Wildman–Crippen MR) is 140 cm³/mol. The second kappa shape index (κ2) is 9.86. The third-order valence-corrected chi connectivity index (χ3v) is 8.37. The van der Waals surface area contributed by atoms with E-state index in [1.54, 1.807) is 28.7 Å². The van der Waals surface area contributed by atoms with Gasteiger partial charge in [-0.1, -0.05) is 41.5 Å². The normalized spacial score (nSPS) is 26.1. The van der Waals surface area contributed by atoms with Gasteiger partial charge in [0.25, 0.3) is 5.56 Å². The van der Waals surface area contributed by atoms with E-state index in [9.17, 15) is 18.5 Å². The summed E-state index contributed by atoms with van der Waals surface area (Å²) in [5, 5.41) is 0. The molecule has 1 aromatic carbocycles. The SMILES string of the molecule is CC(C)(C)c1cc(C(C)(C)C)c2c(c1F)COP(=O)(OCC1OC(n3cc([125I])c(=O)[nH]c3=O)CC1F)O2. The number of H-pyrrole nitrogens is 1. The van der Waals surface area contributed by atoms with Crippen LogP contribution in [0.2, 0.25) is 0 Å². The molecule has 1 aromatic heterocycles. The van der Waals surface area contributed by atoms with E-state index in [1.807, 2.05) is 41.5 Å². The molecule has 9 nitrogen and oxygen atoms in total. The van der Waals surface area contributed by atoms with E-state index >= 15 is 4.39 Å². The van der Waals surface area contributed by atoms with Crippen LogP contribution in [0.25, 0.3) is 0 Å². The molecule has 1 saturated heterocycles. The quantitative estimate of drug-likeness (QED) is 0.356. The van der Waals surface area contributed by atoms with Gasteiger partial charge in [0.05, 0.1) is 22.3 Å². The highest BCUT2D eigenvalue weighted by molar-refractivity contribution is 14.1. The largest absolute Gasteiger partial charge is 0.530 e.